The van der Waals surface area contributed by atoms with Crippen molar-refractivity contribution in [2.45, 2.75) is 6.92 Å². The Bertz CT molecular complexity index is 2190. The van der Waals surface area contributed by atoms with Gasteiger partial charge in [-0.1, -0.05) is 97.1 Å². The lowest BCUT2D eigenvalue weighted by Crippen LogP contribution is -1.97. The first-order valence-corrected chi connectivity index (χ1v) is 14.3. The number of fused-ring (bicyclic) bond motifs is 3. The molecule has 0 spiro atoms. The molecule has 0 aliphatic heterocycles. The van der Waals surface area contributed by atoms with E-state index >= 15 is 0 Å². The third-order valence-corrected chi connectivity index (χ3v) is 8.19. The maximum absolute atomic E-state index is 4.77. The fourth-order valence-electron chi connectivity index (χ4n) is 6.37. The van der Waals surface area contributed by atoms with Gasteiger partial charge in [0.05, 0.1) is 16.7 Å². The molecule has 3 nitrogen and oxygen atoms in total. The molecule has 0 bridgehead atoms. The molecule has 0 radical (unpaired) electrons. The van der Waals surface area contributed by atoms with Crippen LogP contribution in [0.15, 0.2) is 146 Å². The molecule has 0 amide bonds. The number of aromatic nitrogens is 3. The molecule has 3 heteroatoms. The van der Waals surface area contributed by atoms with Crippen LogP contribution in [0.5, 0.6) is 0 Å². The standard InChI is InChI=1S/C39H27N3/c1-26-41-36-18-6-7-19-37(36)42(26)30-22-20-27(21-23-30)38-31-13-2-4-15-33(31)39(34-16-5-3-14-32(34)38)29-12-10-11-28(25-29)35-17-8-9-24-40-35/h2-25H,1H3. The number of aryl methyl sites for hydroxylation is 1. The van der Waals surface area contributed by atoms with Crippen LogP contribution >= 0.6 is 0 Å². The van der Waals surface area contributed by atoms with Crippen LogP contribution in [0.4, 0.5) is 0 Å². The first-order valence-electron chi connectivity index (χ1n) is 14.3. The van der Waals surface area contributed by atoms with Crippen LogP contribution in [-0.2, 0) is 0 Å². The van der Waals surface area contributed by atoms with Gasteiger partial charge in [0.15, 0.2) is 0 Å². The Balaban J connectivity index is 1.34. The predicted molar refractivity (Wildman–Crippen MR) is 175 cm³/mol. The van der Waals surface area contributed by atoms with Crippen LogP contribution in [0, 0.1) is 6.92 Å². The molecule has 0 fully saturated rings. The third kappa shape index (κ3) is 3.90. The molecule has 0 aliphatic rings. The zero-order chi connectivity index (χ0) is 28.0. The topological polar surface area (TPSA) is 30.7 Å². The van der Waals surface area contributed by atoms with Crippen LogP contribution < -0.4 is 0 Å². The van der Waals surface area contributed by atoms with Gasteiger partial charge in [-0.25, -0.2) is 4.98 Å². The molecule has 0 saturated carbocycles. The van der Waals surface area contributed by atoms with Gasteiger partial charge >= 0.3 is 0 Å². The van der Waals surface area contributed by atoms with E-state index in [4.69, 9.17) is 4.98 Å². The van der Waals surface area contributed by atoms with E-state index in [0.717, 1.165) is 33.8 Å². The summed E-state index contributed by atoms with van der Waals surface area (Å²) in [6.45, 7) is 2.07. The molecule has 8 rings (SSSR count). The van der Waals surface area contributed by atoms with Crippen LogP contribution in [-0.4, -0.2) is 14.5 Å². The van der Waals surface area contributed by atoms with Gasteiger partial charge in [-0.2, -0.15) is 0 Å². The highest BCUT2D eigenvalue weighted by Gasteiger charge is 2.17. The average molecular weight is 538 g/mol. The van der Waals surface area contributed by atoms with Crippen molar-refractivity contribution in [1.82, 2.24) is 14.5 Å². The lowest BCUT2D eigenvalue weighted by atomic mass is 9.85. The Hall–Kier alpha value is -5.54. The predicted octanol–water partition coefficient (Wildman–Crippen LogP) is 10.0. The van der Waals surface area contributed by atoms with Crippen LogP contribution in [0.2, 0.25) is 0 Å². The van der Waals surface area contributed by atoms with Gasteiger partial charge in [0, 0.05) is 17.4 Å². The molecule has 42 heavy (non-hydrogen) atoms. The van der Waals surface area contributed by atoms with E-state index in [-0.39, 0.29) is 0 Å². The maximum Gasteiger partial charge on any atom is 0.111 e. The lowest BCUT2D eigenvalue weighted by Gasteiger charge is -2.18. The van der Waals surface area contributed by atoms with Crippen LogP contribution in [0.1, 0.15) is 5.82 Å². The minimum absolute atomic E-state index is 0.977. The first kappa shape index (κ1) is 24.3. The van der Waals surface area contributed by atoms with Gasteiger partial charge in [0.2, 0.25) is 0 Å². The molecule has 2 aromatic heterocycles. The first-order chi connectivity index (χ1) is 20.8. The van der Waals surface area contributed by atoms with Crippen molar-refractivity contribution in [3.05, 3.63) is 152 Å². The Labute approximate surface area is 244 Å². The number of rotatable bonds is 4. The molecule has 2 heterocycles. The summed E-state index contributed by atoms with van der Waals surface area (Å²) in [5, 5.41) is 4.97. The zero-order valence-electron chi connectivity index (χ0n) is 23.2. The van der Waals surface area contributed by atoms with E-state index in [1.165, 1.54) is 43.8 Å². The van der Waals surface area contributed by atoms with E-state index < -0.39 is 0 Å². The second-order valence-electron chi connectivity index (χ2n) is 10.7. The summed E-state index contributed by atoms with van der Waals surface area (Å²) in [6.07, 6.45) is 1.85. The second kappa shape index (κ2) is 9.83. The quantitative estimate of drug-likeness (QED) is 0.209. The Morgan fingerprint density at radius 2 is 1.10 bits per heavy atom. The second-order valence-corrected chi connectivity index (χ2v) is 10.7. The van der Waals surface area contributed by atoms with Crippen molar-refractivity contribution < 1.29 is 0 Å². The molecule has 0 N–H and O–H groups in total. The van der Waals surface area contributed by atoms with Gasteiger partial charge in [0.1, 0.15) is 5.82 Å². The monoisotopic (exact) mass is 537 g/mol. The molecule has 8 aromatic rings. The number of imidazole rings is 1. The van der Waals surface area contributed by atoms with Crippen molar-refractivity contribution >= 4 is 32.6 Å². The number of hydrogen-bond acceptors (Lipinski definition) is 2. The molecular formula is C39H27N3. The van der Waals surface area contributed by atoms with E-state index in [1.807, 2.05) is 24.4 Å². The lowest BCUT2D eigenvalue weighted by molar-refractivity contribution is 1.00. The number of pyridine rings is 1. The summed E-state index contributed by atoms with van der Waals surface area (Å²) in [4.78, 5) is 9.38. The van der Waals surface area contributed by atoms with Crippen LogP contribution in [0.25, 0.3) is 71.8 Å². The minimum atomic E-state index is 0.977. The van der Waals surface area contributed by atoms with Crippen molar-refractivity contribution in [3.63, 3.8) is 0 Å². The summed E-state index contributed by atoms with van der Waals surface area (Å²) >= 11 is 0. The van der Waals surface area contributed by atoms with Gasteiger partial charge in [-0.05, 0) is 93.2 Å². The summed E-state index contributed by atoms with van der Waals surface area (Å²) in [5.41, 5.74) is 10.2. The van der Waals surface area contributed by atoms with E-state index in [0.29, 0.717) is 0 Å². The van der Waals surface area contributed by atoms with Crippen molar-refractivity contribution in [3.8, 4) is 39.2 Å². The SMILES string of the molecule is Cc1nc2ccccc2n1-c1ccc(-c2c3ccccc3c(-c3cccc(-c4ccccn4)c3)c3ccccc23)cc1. The molecule has 0 saturated heterocycles. The Morgan fingerprint density at radius 3 is 1.76 bits per heavy atom. The number of para-hydroxylation sites is 2. The van der Waals surface area contributed by atoms with Gasteiger partial charge < -0.3 is 0 Å². The Kier molecular flexibility index (Phi) is 5.68. The fraction of sp³-hybridized carbons (Fsp3) is 0.0256. The molecule has 198 valence electrons. The summed E-state index contributed by atoms with van der Waals surface area (Å²) < 4.78 is 2.23. The maximum atomic E-state index is 4.77. The fourth-order valence-corrected chi connectivity index (χ4v) is 6.37. The smallest absolute Gasteiger partial charge is 0.111 e. The van der Waals surface area contributed by atoms with Gasteiger partial charge in [-0.3, -0.25) is 9.55 Å². The third-order valence-electron chi connectivity index (χ3n) is 8.19. The Morgan fingerprint density at radius 1 is 0.500 bits per heavy atom. The number of nitrogens with zero attached hydrogens (tertiary/aromatic N) is 3. The minimum Gasteiger partial charge on any atom is -0.297 e. The average Bonchev–Trinajstić information content (AvgIpc) is 3.39. The van der Waals surface area contributed by atoms with Crippen molar-refractivity contribution in [2.24, 2.45) is 0 Å². The van der Waals surface area contributed by atoms with Crippen LogP contribution in [0.3, 0.4) is 0 Å². The normalized spacial score (nSPS) is 11.5. The summed E-state index contributed by atoms with van der Waals surface area (Å²) in [5.74, 6) is 0.983. The van der Waals surface area contributed by atoms with E-state index in [2.05, 4.69) is 138 Å². The molecular weight excluding hydrogens is 510 g/mol. The highest BCUT2D eigenvalue weighted by Crippen LogP contribution is 2.44. The highest BCUT2D eigenvalue weighted by atomic mass is 15.1. The van der Waals surface area contributed by atoms with Gasteiger partial charge in [0.25, 0.3) is 0 Å². The number of benzene rings is 6. The molecule has 6 aromatic carbocycles. The number of hydrogen-bond donors (Lipinski definition) is 0. The molecule has 0 atom stereocenters. The highest BCUT2D eigenvalue weighted by molar-refractivity contribution is 6.21. The largest absolute Gasteiger partial charge is 0.297 e. The van der Waals surface area contributed by atoms with E-state index in [9.17, 15) is 0 Å². The summed E-state index contributed by atoms with van der Waals surface area (Å²) in [7, 11) is 0. The van der Waals surface area contributed by atoms with E-state index in [1.54, 1.807) is 0 Å². The van der Waals surface area contributed by atoms with Gasteiger partial charge in [-0.15, -0.1) is 0 Å². The molecule has 0 unspecified atom stereocenters. The van der Waals surface area contributed by atoms with Crippen molar-refractivity contribution in [2.75, 3.05) is 0 Å². The van der Waals surface area contributed by atoms with Crippen molar-refractivity contribution in [1.29, 1.82) is 0 Å². The zero-order valence-corrected chi connectivity index (χ0v) is 23.2. The molecule has 0 aliphatic carbocycles. The summed E-state index contributed by atoms with van der Waals surface area (Å²) in [6, 6.07) is 49.6.